The molecule has 122 valence electrons. The summed E-state index contributed by atoms with van der Waals surface area (Å²) in [5, 5.41) is 29.0. The van der Waals surface area contributed by atoms with E-state index in [1.54, 1.807) is 0 Å². The first-order valence-corrected chi connectivity index (χ1v) is 7.95. The predicted octanol–water partition coefficient (Wildman–Crippen LogP) is 3.44. The third kappa shape index (κ3) is 3.01. The van der Waals surface area contributed by atoms with Crippen molar-refractivity contribution in [1.29, 1.82) is 0 Å². The van der Waals surface area contributed by atoms with Crippen LogP contribution in [-0.2, 0) is 7.05 Å². The number of nitro groups is 1. The topological polar surface area (TPSA) is 93.0 Å². The molecule has 0 bridgehead atoms. The number of halogens is 1. The number of phenolic OH excluding ortho intramolecular Hbond substituents is 1. The smallest absolute Gasteiger partial charge is 0.312 e. The number of hydrogen-bond donors (Lipinski definition) is 1. The monoisotopic (exact) mass is 362 g/mol. The number of nitro benzene ring substituents is 1. The number of para-hydroxylation sites is 1. The third-order valence-electron chi connectivity index (χ3n) is 3.34. The summed E-state index contributed by atoms with van der Waals surface area (Å²) in [7, 11) is 1.87. The van der Waals surface area contributed by atoms with E-state index in [9.17, 15) is 15.2 Å². The van der Waals surface area contributed by atoms with Crippen molar-refractivity contribution in [3.8, 4) is 5.75 Å². The van der Waals surface area contributed by atoms with E-state index in [0.717, 1.165) is 16.3 Å². The Hall–Kier alpha value is -2.71. The first-order chi connectivity index (χ1) is 11.5. The van der Waals surface area contributed by atoms with Gasteiger partial charge in [0.1, 0.15) is 0 Å². The van der Waals surface area contributed by atoms with E-state index in [1.807, 2.05) is 35.9 Å². The molecule has 0 fully saturated rings. The molecule has 0 radical (unpaired) electrons. The van der Waals surface area contributed by atoms with Crippen molar-refractivity contribution >= 4 is 45.1 Å². The van der Waals surface area contributed by atoms with Gasteiger partial charge < -0.3 is 9.67 Å². The second-order valence-electron chi connectivity index (χ2n) is 4.88. The van der Waals surface area contributed by atoms with Gasteiger partial charge in [0, 0.05) is 23.7 Å². The summed E-state index contributed by atoms with van der Waals surface area (Å²) in [6, 6.07) is 10.3. The van der Waals surface area contributed by atoms with E-state index in [2.05, 4.69) is 10.2 Å². The Morgan fingerprint density at radius 1 is 1.38 bits per heavy atom. The summed E-state index contributed by atoms with van der Waals surface area (Å²) in [5.74, 6) is -0.496. The van der Waals surface area contributed by atoms with Gasteiger partial charge in [-0.1, -0.05) is 35.1 Å². The molecule has 7 nitrogen and oxygen atoms in total. The van der Waals surface area contributed by atoms with Crippen LogP contribution < -0.4 is 4.80 Å². The molecule has 1 N–H and O–H groups in total. The number of aryl methyl sites for hydroxylation is 1. The first kappa shape index (κ1) is 16.2. The van der Waals surface area contributed by atoms with Gasteiger partial charge in [-0.2, -0.15) is 5.10 Å². The Labute approximate surface area is 144 Å². The lowest BCUT2D eigenvalue weighted by atomic mass is 10.2. The van der Waals surface area contributed by atoms with Gasteiger partial charge >= 0.3 is 5.69 Å². The van der Waals surface area contributed by atoms with Gasteiger partial charge in [-0.05, 0) is 18.2 Å². The zero-order chi connectivity index (χ0) is 17.3. The van der Waals surface area contributed by atoms with E-state index in [0.29, 0.717) is 4.80 Å². The van der Waals surface area contributed by atoms with Crippen LogP contribution in [0.4, 0.5) is 5.69 Å². The molecule has 24 heavy (non-hydrogen) atoms. The van der Waals surface area contributed by atoms with E-state index in [4.69, 9.17) is 11.6 Å². The fraction of sp³-hybridized carbons (Fsp3) is 0.0667. The van der Waals surface area contributed by atoms with Crippen LogP contribution in [-0.4, -0.2) is 20.8 Å². The molecule has 9 heteroatoms. The maximum atomic E-state index is 10.9. The second-order valence-corrected chi connectivity index (χ2v) is 6.32. The number of fused-ring (bicyclic) bond motifs is 1. The van der Waals surface area contributed by atoms with E-state index >= 15 is 0 Å². The Morgan fingerprint density at radius 2 is 2.12 bits per heavy atom. The molecule has 1 aromatic heterocycles. The van der Waals surface area contributed by atoms with Gasteiger partial charge in [0.05, 0.1) is 21.4 Å². The number of rotatable bonds is 3. The highest BCUT2D eigenvalue weighted by Crippen LogP contribution is 2.32. The number of benzene rings is 2. The minimum Gasteiger partial charge on any atom is -0.502 e. The molecule has 1 heterocycles. The van der Waals surface area contributed by atoms with E-state index in [1.165, 1.54) is 23.6 Å². The highest BCUT2D eigenvalue weighted by atomic mass is 35.5. The van der Waals surface area contributed by atoms with Gasteiger partial charge in [0.25, 0.3) is 0 Å². The van der Waals surface area contributed by atoms with Crippen LogP contribution in [0.15, 0.2) is 46.6 Å². The molecule has 2 aromatic carbocycles. The quantitative estimate of drug-likeness (QED) is 0.439. The summed E-state index contributed by atoms with van der Waals surface area (Å²) in [5.41, 5.74) is 0.677. The molecule has 0 spiro atoms. The van der Waals surface area contributed by atoms with E-state index < -0.39 is 16.4 Å². The molecule has 0 saturated heterocycles. The minimum absolute atomic E-state index is 0.127. The van der Waals surface area contributed by atoms with Gasteiger partial charge in [-0.25, -0.2) is 0 Å². The Kier molecular flexibility index (Phi) is 4.32. The van der Waals surface area contributed by atoms with Gasteiger partial charge in [-0.3, -0.25) is 10.1 Å². The molecule has 0 aliphatic heterocycles. The zero-order valence-electron chi connectivity index (χ0n) is 12.4. The molecule has 0 atom stereocenters. The summed E-state index contributed by atoms with van der Waals surface area (Å²) in [4.78, 5) is 10.8. The Balaban J connectivity index is 2.02. The minimum atomic E-state index is -0.707. The maximum Gasteiger partial charge on any atom is 0.312 e. The summed E-state index contributed by atoms with van der Waals surface area (Å²) >= 11 is 7.29. The van der Waals surface area contributed by atoms with Crippen molar-refractivity contribution in [3.63, 3.8) is 0 Å². The van der Waals surface area contributed by atoms with Crippen LogP contribution in [0, 0.1) is 10.1 Å². The molecule has 0 unspecified atom stereocenters. The molecule has 0 amide bonds. The van der Waals surface area contributed by atoms with Crippen LogP contribution in [0.2, 0.25) is 5.02 Å². The second kappa shape index (κ2) is 6.42. The Morgan fingerprint density at radius 3 is 2.83 bits per heavy atom. The number of phenols is 1. The lowest BCUT2D eigenvalue weighted by Gasteiger charge is -2.00. The number of aromatic nitrogens is 1. The van der Waals surface area contributed by atoms with Crippen molar-refractivity contribution in [1.82, 2.24) is 4.57 Å². The lowest BCUT2D eigenvalue weighted by Crippen LogP contribution is -2.08. The predicted molar refractivity (Wildman–Crippen MR) is 93.7 cm³/mol. The molecule has 3 aromatic rings. The van der Waals surface area contributed by atoms with E-state index in [-0.39, 0.29) is 10.6 Å². The van der Waals surface area contributed by atoms with Crippen LogP contribution in [0.3, 0.4) is 0 Å². The summed E-state index contributed by atoms with van der Waals surface area (Å²) < 4.78 is 2.95. The highest BCUT2D eigenvalue weighted by molar-refractivity contribution is 7.16. The van der Waals surface area contributed by atoms with Gasteiger partial charge in [0.15, 0.2) is 0 Å². The van der Waals surface area contributed by atoms with Crippen LogP contribution in [0.25, 0.3) is 10.2 Å². The maximum absolute atomic E-state index is 10.9. The van der Waals surface area contributed by atoms with Crippen molar-refractivity contribution in [2.75, 3.05) is 0 Å². The van der Waals surface area contributed by atoms with Crippen molar-refractivity contribution in [2.45, 2.75) is 0 Å². The first-order valence-electron chi connectivity index (χ1n) is 6.76. The molecule has 0 aliphatic rings. The fourth-order valence-corrected chi connectivity index (χ4v) is 3.36. The average Bonchev–Trinajstić information content (AvgIpc) is 2.87. The standard InChI is InChI=1S/C15H11ClN4O3S/c1-19-11-4-2-3-5-13(11)24-15(19)18-17-8-9-6-10(16)7-12(14(9)21)20(22)23/h2-8,21H,1H3. The molecule has 0 saturated carbocycles. The zero-order valence-corrected chi connectivity index (χ0v) is 14.0. The van der Waals surface area contributed by atoms with Crippen molar-refractivity contribution in [2.24, 2.45) is 17.3 Å². The van der Waals surface area contributed by atoms with Crippen molar-refractivity contribution in [3.05, 3.63) is 61.9 Å². The highest BCUT2D eigenvalue weighted by Gasteiger charge is 2.17. The Bertz CT molecular complexity index is 1040. The number of hydrogen-bond acceptors (Lipinski definition) is 6. The van der Waals surface area contributed by atoms with Gasteiger partial charge in [0.2, 0.25) is 10.6 Å². The third-order valence-corrected chi connectivity index (χ3v) is 4.66. The molecular formula is C15H11ClN4O3S. The summed E-state index contributed by atoms with van der Waals surface area (Å²) in [6.07, 6.45) is 1.23. The molecular weight excluding hydrogens is 352 g/mol. The molecule has 3 rings (SSSR count). The molecule has 0 aliphatic carbocycles. The fourth-order valence-electron chi connectivity index (χ4n) is 2.16. The average molecular weight is 363 g/mol. The SMILES string of the molecule is Cn1c(=NN=Cc2cc(Cl)cc([N+](=O)[O-])c2O)sc2ccccc21. The largest absolute Gasteiger partial charge is 0.502 e. The van der Waals surface area contributed by atoms with Crippen LogP contribution in [0.1, 0.15) is 5.56 Å². The van der Waals surface area contributed by atoms with Crippen LogP contribution in [0.5, 0.6) is 5.75 Å². The number of thiazole rings is 1. The van der Waals surface area contributed by atoms with Gasteiger partial charge in [-0.15, -0.1) is 5.10 Å². The lowest BCUT2D eigenvalue weighted by molar-refractivity contribution is -0.385. The number of nitrogens with zero attached hydrogens (tertiary/aromatic N) is 4. The van der Waals surface area contributed by atoms with Crippen LogP contribution >= 0.6 is 22.9 Å². The number of aromatic hydroxyl groups is 1. The normalized spacial score (nSPS) is 12.3. The van der Waals surface area contributed by atoms with Crippen molar-refractivity contribution < 1.29 is 10.0 Å². The summed E-state index contributed by atoms with van der Waals surface area (Å²) in [6.45, 7) is 0.